The highest BCUT2D eigenvalue weighted by Crippen LogP contribution is 2.25. The molecule has 0 aliphatic carbocycles. The van der Waals surface area contributed by atoms with Gasteiger partial charge in [0.25, 0.3) is 0 Å². The molecular formula is C15H25N3O2S. The maximum Gasteiger partial charge on any atom is 0.236 e. The smallest absolute Gasteiger partial charge is 0.236 e. The molecule has 1 saturated heterocycles. The van der Waals surface area contributed by atoms with Crippen molar-refractivity contribution in [2.24, 2.45) is 5.73 Å². The number of morpholine rings is 1. The van der Waals surface area contributed by atoms with Crippen LogP contribution < -0.4 is 11.1 Å². The molecule has 1 aliphatic rings. The summed E-state index contributed by atoms with van der Waals surface area (Å²) in [6.07, 6.45) is 1.65. The number of thiophene rings is 1. The van der Waals surface area contributed by atoms with Crippen molar-refractivity contribution in [1.29, 1.82) is 0 Å². The maximum absolute atomic E-state index is 12.0. The van der Waals surface area contributed by atoms with Crippen molar-refractivity contribution >= 4 is 17.2 Å². The largest absolute Gasteiger partial charge is 0.379 e. The number of nitrogens with two attached hydrogens (primary N) is 1. The number of amides is 1. The van der Waals surface area contributed by atoms with Crippen molar-refractivity contribution in [3.8, 4) is 0 Å². The van der Waals surface area contributed by atoms with Gasteiger partial charge in [0, 0.05) is 24.5 Å². The molecule has 1 aromatic rings. The number of rotatable bonds is 7. The highest BCUT2D eigenvalue weighted by atomic mass is 32.1. The lowest BCUT2D eigenvalue weighted by atomic mass is 10.1. The molecule has 0 radical (unpaired) electrons. The molecule has 1 amide bonds. The Morgan fingerprint density at radius 2 is 2.29 bits per heavy atom. The van der Waals surface area contributed by atoms with Gasteiger partial charge in [-0.2, -0.15) is 0 Å². The van der Waals surface area contributed by atoms with E-state index in [2.05, 4.69) is 27.7 Å². The molecule has 3 N–H and O–H groups in total. The van der Waals surface area contributed by atoms with E-state index in [0.29, 0.717) is 6.54 Å². The van der Waals surface area contributed by atoms with E-state index in [-0.39, 0.29) is 11.9 Å². The van der Waals surface area contributed by atoms with Gasteiger partial charge in [0.15, 0.2) is 0 Å². The van der Waals surface area contributed by atoms with E-state index in [0.717, 1.165) is 39.1 Å². The van der Waals surface area contributed by atoms with Crippen LogP contribution >= 0.6 is 11.3 Å². The first-order valence-electron chi connectivity index (χ1n) is 7.61. The molecule has 1 unspecified atom stereocenters. The van der Waals surface area contributed by atoms with Crippen LogP contribution in [-0.4, -0.2) is 49.7 Å². The minimum atomic E-state index is -0.399. The molecule has 2 atom stereocenters. The summed E-state index contributed by atoms with van der Waals surface area (Å²) in [6.45, 7) is 5.96. The Hall–Kier alpha value is -0.950. The van der Waals surface area contributed by atoms with Gasteiger partial charge in [-0.3, -0.25) is 9.69 Å². The second-order valence-electron chi connectivity index (χ2n) is 5.32. The summed E-state index contributed by atoms with van der Waals surface area (Å²) in [5.74, 6) is -0.0494. The van der Waals surface area contributed by atoms with Crippen molar-refractivity contribution in [3.63, 3.8) is 0 Å². The molecule has 5 nitrogen and oxygen atoms in total. The van der Waals surface area contributed by atoms with Crippen LogP contribution in [0.25, 0.3) is 0 Å². The molecule has 0 aromatic carbocycles. The Labute approximate surface area is 130 Å². The van der Waals surface area contributed by atoms with Gasteiger partial charge in [-0.25, -0.2) is 0 Å². The predicted molar refractivity (Wildman–Crippen MR) is 85.3 cm³/mol. The van der Waals surface area contributed by atoms with Crippen molar-refractivity contribution in [3.05, 3.63) is 22.4 Å². The van der Waals surface area contributed by atoms with Crippen LogP contribution in [0, 0.1) is 0 Å². The molecule has 2 rings (SSSR count). The van der Waals surface area contributed by atoms with Crippen LogP contribution in [0.15, 0.2) is 17.5 Å². The van der Waals surface area contributed by atoms with Crippen LogP contribution in [0.2, 0.25) is 0 Å². The minimum Gasteiger partial charge on any atom is -0.379 e. The Bertz CT molecular complexity index is 419. The van der Waals surface area contributed by atoms with Gasteiger partial charge >= 0.3 is 0 Å². The fourth-order valence-corrected chi connectivity index (χ4v) is 3.41. The third-order valence-electron chi connectivity index (χ3n) is 3.76. The van der Waals surface area contributed by atoms with Crippen LogP contribution in [0.3, 0.4) is 0 Å². The van der Waals surface area contributed by atoms with Crippen molar-refractivity contribution in [2.45, 2.75) is 31.8 Å². The highest BCUT2D eigenvalue weighted by Gasteiger charge is 2.24. The lowest BCUT2D eigenvalue weighted by molar-refractivity contribution is -0.122. The van der Waals surface area contributed by atoms with E-state index in [1.54, 1.807) is 11.3 Å². The van der Waals surface area contributed by atoms with Crippen molar-refractivity contribution < 1.29 is 9.53 Å². The molecule has 21 heavy (non-hydrogen) atoms. The Morgan fingerprint density at radius 3 is 2.90 bits per heavy atom. The van der Waals surface area contributed by atoms with Gasteiger partial charge in [-0.15, -0.1) is 11.3 Å². The van der Waals surface area contributed by atoms with Gasteiger partial charge in [0.2, 0.25) is 5.91 Å². The first-order valence-corrected chi connectivity index (χ1v) is 8.48. The topological polar surface area (TPSA) is 67.6 Å². The predicted octanol–water partition coefficient (Wildman–Crippen LogP) is 1.36. The summed E-state index contributed by atoms with van der Waals surface area (Å²) >= 11 is 1.73. The van der Waals surface area contributed by atoms with Crippen molar-refractivity contribution in [2.75, 3.05) is 32.8 Å². The number of carbonyl (C=O) groups is 1. The zero-order valence-electron chi connectivity index (χ0n) is 12.6. The number of nitrogens with zero attached hydrogens (tertiary/aromatic N) is 1. The number of hydrogen-bond acceptors (Lipinski definition) is 5. The lowest BCUT2D eigenvalue weighted by Crippen LogP contribution is -2.47. The molecule has 2 heterocycles. The van der Waals surface area contributed by atoms with E-state index >= 15 is 0 Å². The molecule has 0 bridgehead atoms. The highest BCUT2D eigenvalue weighted by molar-refractivity contribution is 7.10. The zero-order valence-corrected chi connectivity index (χ0v) is 13.4. The second kappa shape index (κ2) is 8.48. The molecule has 1 fully saturated rings. The van der Waals surface area contributed by atoms with E-state index in [1.165, 1.54) is 4.88 Å². The molecule has 1 aliphatic heterocycles. The quantitative estimate of drug-likeness (QED) is 0.798. The van der Waals surface area contributed by atoms with E-state index in [9.17, 15) is 4.79 Å². The van der Waals surface area contributed by atoms with Gasteiger partial charge < -0.3 is 15.8 Å². The van der Waals surface area contributed by atoms with Gasteiger partial charge in [0.1, 0.15) is 0 Å². The Kier molecular flexibility index (Phi) is 6.63. The summed E-state index contributed by atoms with van der Waals surface area (Å²) in [5.41, 5.74) is 5.87. The zero-order chi connectivity index (χ0) is 15.1. The molecule has 118 valence electrons. The summed E-state index contributed by atoms with van der Waals surface area (Å²) in [5, 5.41) is 5.09. The number of hydrogen-bond donors (Lipinski definition) is 2. The summed E-state index contributed by atoms with van der Waals surface area (Å²) < 4.78 is 5.42. The summed E-state index contributed by atoms with van der Waals surface area (Å²) in [7, 11) is 0. The van der Waals surface area contributed by atoms with Gasteiger partial charge in [-0.05, 0) is 17.9 Å². The normalized spacial score (nSPS) is 19.1. The van der Waals surface area contributed by atoms with Gasteiger partial charge in [-0.1, -0.05) is 19.4 Å². The Morgan fingerprint density at radius 1 is 1.52 bits per heavy atom. The first kappa shape index (κ1) is 16.4. The van der Waals surface area contributed by atoms with Crippen LogP contribution in [-0.2, 0) is 9.53 Å². The average molecular weight is 311 g/mol. The third kappa shape index (κ3) is 4.78. The molecule has 0 saturated carbocycles. The van der Waals surface area contributed by atoms with Gasteiger partial charge in [0.05, 0.1) is 25.3 Å². The molecule has 0 spiro atoms. The van der Waals surface area contributed by atoms with Crippen LogP contribution in [0.5, 0.6) is 0 Å². The number of nitrogens with one attached hydrogen (secondary N) is 1. The molecule has 1 aromatic heterocycles. The summed E-state index contributed by atoms with van der Waals surface area (Å²) in [6, 6.07) is 4.00. The van der Waals surface area contributed by atoms with Crippen LogP contribution in [0.4, 0.5) is 0 Å². The SMILES string of the molecule is CCC[C@@H](N)C(=O)NCC(c1cccs1)N1CCOCC1. The fourth-order valence-electron chi connectivity index (χ4n) is 2.55. The van der Waals surface area contributed by atoms with E-state index in [1.807, 2.05) is 6.92 Å². The van der Waals surface area contributed by atoms with Crippen LogP contribution in [0.1, 0.15) is 30.7 Å². The standard InChI is InChI=1S/C15H25N3O2S/c1-2-4-12(16)15(19)17-11-13(14-5-3-10-21-14)18-6-8-20-9-7-18/h3,5,10,12-13H,2,4,6-9,11,16H2,1H3,(H,17,19)/t12-,13?/m1/s1. The second-order valence-corrected chi connectivity index (χ2v) is 6.30. The summed E-state index contributed by atoms with van der Waals surface area (Å²) in [4.78, 5) is 15.7. The first-order chi connectivity index (χ1) is 10.2. The number of carbonyl (C=O) groups excluding carboxylic acids is 1. The van der Waals surface area contributed by atoms with E-state index in [4.69, 9.17) is 10.5 Å². The molecular weight excluding hydrogens is 286 g/mol. The minimum absolute atomic E-state index is 0.0494. The monoisotopic (exact) mass is 311 g/mol. The third-order valence-corrected chi connectivity index (χ3v) is 4.74. The lowest BCUT2D eigenvalue weighted by Gasteiger charge is -2.34. The Balaban J connectivity index is 1.94. The van der Waals surface area contributed by atoms with E-state index < -0.39 is 6.04 Å². The average Bonchev–Trinajstić information content (AvgIpc) is 3.03. The maximum atomic E-state index is 12.0. The molecule has 6 heteroatoms. The number of ether oxygens (including phenoxy) is 1. The fraction of sp³-hybridized carbons (Fsp3) is 0.667. The van der Waals surface area contributed by atoms with Crippen molar-refractivity contribution in [1.82, 2.24) is 10.2 Å².